The highest BCUT2D eigenvalue weighted by atomic mass is 35.5. The van der Waals surface area contributed by atoms with Gasteiger partial charge < -0.3 is 5.32 Å². The summed E-state index contributed by atoms with van der Waals surface area (Å²) in [4.78, 5) is 38.2. The van der Waals surface area contributed by atoms with Crippen molar-refractivity contribution in [1.82, 2.24) is 10.7 Å². The predicted molar refractivity (Wildman–Crippen MR) is 128 cm³/mol. The van der Waals surface area contributed by atoms with Crippen LogP contribution in [0.2, 0.25) is 10.0 Å². The van der Waals surface area contributed by atoms with Gasteiger partial charge >= 0.3 is 0 Å². The van der Waals surface area contributed by atoms with Crippen molar-refractivity contribution >= 4 is 69.4 Å². The third-order valence-electron chi connectivity index (χ3n) is 4.50. The molecule has 11 heteroatoms. The number of amides is 3. The molecule has 3 rings (SSSR count). The summed E-state index contributed by atoms with van der Waals surface area (Å²) in [5.74, 6) is -1.76. The molecule has 1 unspecified atom stereocenters. The number of nitrogens with one attached hydrogen (secondary N) is 2. The van der Waals surface area contributed by atoms with Crippen LogP contribution in [0.3, 0.4) is 0 Å². The van der Waals surface area contributed by atoms with E-state index in [1.165, 1.54) is 5.01 Å². The first-order valence-corrected chi connectivity index (χ1v) is 11.2. The van der Waals surface area contributed by atoms with E-state index in [4.69, 9.17) is 23.2 Å². The minimum Gasteiger partial charge on any atom is -0.349 e. The Morgan fingerprint density at radius 3 is 2.41 bits per heavy atom. The van der Waals surface area contributed by atoms with E-state index in [0.29, 0.717) is 36.9 Å². The van der Waals surface area contributed by atoms with Crippen LogP contribution in [-0.2, 0) is 4.79 Å². The number of hydrogen-bond donors (Lipinski definition) is 2. The monoisotopic (exact) mass is 493 g/mol. The standard InChI is InChI=1S/C21H21Cl2N5O3S/c1-10(2)24-19(29)16-7-8-17(32-16)20(30)26-25-11(3)18-12(4)27-28(21(18)31)13-5-6-14(22)15(23)9-13/h5-10,18H,1-4H3,(H,24,29)(H,26,30)/b25-11+. The van der Waals surface area contributed by atoms with Crippen LogP contribution >= 0.6 is 34.5 Å². The summed E-state index contributed by atoms with van der Waals surface area (Å²) in [6, 6.07) is 7.91. The average molecular weight is 494 g/mol. The zero-order valence-electron chi connectivity index (χ0n) is 17.8. The molecule has 1 atom stereocenters. The maximum absolute atomic E-state index is 12.9. The van der Waals surface area contributed by atoms with Gasteiger partial charge in [0.15, 0.2) is 0 Å². The Kier molecular flexibility index (Phi) is 7.33. The van der Waals surface area contributed by atoms with Gasteiger partial charge in [0.25, 0.3) is 17.7 Å². The maximum Gasteiger partial charge on any atom is 0.281 e. The molecule has 2 heterocycles. The summed E-state index contributed by atoms with van der Waals surface area (Å²) in [6.45, 7) is 7.06. The Balaban J connectivity index is 1.69. The number of hydrazone groups is 2. The number of carbonyl (C=O) groups excluding carboxylic acids is 3. The Hall–Kier alpha value is -2.75. The molecule has 0 saturated carbocycles. The van der Waals surface area contributed by atoms with Gasteiger partial charge in [-0.2, -0.15) is 15.2 Å². The van der Waals surface area contributed by atoms with Crippen molar-refractivity contribution < 1.29 is 14.4 Å². The van der Waals surface area contributed by atoms with Gasteiger partial charge in [-0.15, -0.1) is 11.3 Å². The first-order chi connectivity index (χ1) is 15.1. The van der Waals surface area contributed by atoms with Crippen molar-refractivity contribution in [2.45, 2.75) is 33.7 Å². The lowest BCUT2D eigenvalue weighted by molar-refractivity contribution is -0.118. The number of halogens is 2. The van der Waals surface area contributed by atoms with Crippen molar-refractivity contribution in [2.75, 3.05) is 5.01 Å². The lowest BCUT2D eigenvalue weighted by atomic mass is 9.99. The summed E-state index contributed by atoms with van der Waals surface area (Å²) in [5, 5.41) is 13.1. The van der Waals surface area contributed by atoms with E-state index in [2.05, 4.69) is 20.9 Å². The van der Waals surface area contributed by atoms with Gasteiger partial charge in [-0.3, -0.25) is 14.4 Å². The highest BCUT2D eigenvalue weighted by Gasteiger charge is 2.36. The zero-order chi connectivity index (χ0) is 23.6. The summed E-state index contributed by atoms with van der Waals surface area (Å²) >= 11 is 13.1. The number of carbonyl (C=O) groups is 3. The predicted octanol–water partition coefficient (Wildman–Crippen LogP) is 4.34. The number of rotatable bonds is 6. The molecule has 2 N–H and O–H groups in total. The molecule has 0 aliphatic carbocycles. The van der Waals surface area contributed by atoms with Crippen LogP contribution in [0.25, 0.3) is 0 Å². The summed E-state index contributed by atoms with van der Waals surface area (Å²) in [6.07, 6.45) is 0. The van der Waals surface area contributed by atoms with E-state index in [9.17, 15) is 14.4 Å². The normalized spacial score (nSPS) is 16.4. The fourth-order valence-corrected chi connectivity index (χ4v) is 4.11. The van der Waals surface area contributed by atoms with Crippen molar-refractivity contribution in [2.24, 2.45) is 16.1 Å². The number of thiophene rings is 1. The van der Waals surface area contributed by atoms with Gasteiger partial charge in [0.2, 0.25) is 0 Å². The van der Waals surface area contributed by atoms with Crippen molar-refractivity contribution in [3.05, 3.63) is 50.1 Å². The van der Waals surface area contributed by atoms with Crippen molar-refractivity contribution in [1.29, 1.82) is 0 Å². The lowest BCUT2D eigenvalue weighted by Gasteiger charge is -2.15. The van der Waals surface area contributed by atoms with E-state index in [0.717, 1.165) is 11.3 Å². The van der Waals surface area contributed by atoms with Crippen LogP contribution in [-0.4, -0.2) is 35.2 Å². The quantitative estimate of drug-likeness (QED) is 0.461. The molecule has 0 fully saturated rings. The number of hydrogen-bond acceptors (Lipinski definition) is 6. The van der Waals surface area contributed by atoms with Crippen LogP contribution in [0.15, 0.2) is 40.5 Å². The van der Waals surface area contributed by atoms with Gasteiger partial charge in [0, 0.05) is 6.04 Å². The molecule has 1 aromatic heterocycles. The molecule has 0 spiro atoms. The van der Waals surface area contributed by atoms with E-state index in [1.54, 1.807) is 44.2 Å². The molecule has 168 valence electrons. The first kappa shape index (κ1) is 23.9. The Morgan fingerprint density at radius 1 is 1.12 bits per heavy atom. The molecule has 32 heavy (non-hydrogen) atoms. The van der Waals surface area contributed by atoms with E-state index >= 15 is 0 Å². The van der Waals surface area contributed by atoms with Gasteiger partial charge in [-0.25, -0.2) is 5.43 Å². The lowest BCUT2D eigenvalue weighted by Crippen LogP contribution is -2.33. The van der Waals surface area contributed by atoms with Crippen LogP contribution in [0.1, 0.15) is 47.0 Å². The molecule has 8 nitrogen and oxygen atoms in total. The van der Waals surface area contributed by atoms with Crippen LogP contribution < -0.4 is 15.8 Å². The number of anilines is 1. The molecular formula is C21H21Cl2N5O3S. The molecule has 1 aromatic carbocycles. The second-order valence-electron chi connectivity index (χ2n) is 7.41. The second kappa shape index (κ2) is 9.81. The number of benzene rings is 1. The van der Waals surface area contributed by atoms with Crippen LogP contribution in [0.4, 0.5) is 5.69 Å². The molecule has 1 aliphatic heterocycles. The van der Waals surface area contributed by atoms with Crippen LogP contribution in [0.5, 0.6) is 0 Å². The molecule has 3 amide bonds. The third-order valence-corrected chi connectivity index (χ3v) is 6.33. The average Bonchev–Trinajstić information content (AvgIpc) is 3.33. The summed E-state index contributed by atoms with van der Waals surface area (Å²) in [7, 11) is 0. The van der Waals surface area contributed by atoms with Crippen molar-refractivity contribution in [3.8, 4) is 0 Å². The Bertz CT molecular complexity index is 1140. The van der Waals surface area contributed by atoms with E-state index in [1.807, 2.05) is 13.8 Å². The molecule has 0 bridgehead atoms. The third kappa shape index (κ3) is 5.17. The maximum atomic E-state index is 12.9. The van der Waals surface area contributed by atoms with Crippen molar-refractivity contribution in [3.63, 3.8) is 0 Å². The zero-order valence-corrected chi connectivity index (χ0v) is 20.1. The fraction of sp³-hybridized carbons (Fsp3) is 0.286. The molecule has 1 aliphatic rings. The fourth-order valence-electron chi connectivity index (χ4n) is 3.02. The minimum absolute atomic E-state index is 0.00792. The molecule has 0 saturated heterocycles. The van der Waals surface area contributed by atoms with Crippen LogP contribution in [0, 0.1) is 5.92 Å². The smallest absolute Gasteiger partial charge is 0.281 e. The molecule has 2 aromatic rings. The van der Waals surface area contributed by atoms with Gasteiger partial charge in [0.1, 0.15) is 5.92 Å². The molecular weight excluding hydrogens is 473 g/mol. The Labute approximate surface area is 199 Å². The summed E-state index contributed by atoms with van der Waals surface area (Å²) in [5.41, 5.74) is 3.83. The van der Waals surface area contributed by atoms with E-state index in [-0.39, 0.29) is 17.9 Å². The summed E-state index contributed by atoms with van der Waals surface area (Å²) < 4.78 is 0. The minimum atomic E-state index is -0.722. The SMILES string of the molecule is CC1=NN(c2ccc(Cl)c(Cl)c2)C(=O)C1/C(C)=N/NC(=O)c1ccc(C(=O)NC(C)C)s1. The molecule has 0 radical (unpaired) electrons. The van der Waals surface area contributed by atoms with Gasteiger partial charge in [-0.1, -0.05) is 23.2 Å². The Morgan fingerprint density at radius 2 is 1.78 bits per heavy atom. The first-order valence-electron chi connectivity index (χ1n) is 9.67. The topological polar surface area (TPSA) is 103 Å². The van der Waals surface area contributed by atoms with Gasteiger partial charge in [0.05, 0.1) is 36.9 Å². The largest absolute Gasteiger partial charge is 0.349 e. The highest BCUT2D eigenvalue weighted by Crippen LogP contribution is 2.30. The van der Waals surface area contributed by atoms with E-state index < -0.39 is 11.8 Å². The van der Waals surface area contributed by atoms with Gasteiger partial charge in [-0.05, 0) is 58.0 Å². The second-order valence-corrected chi connectivity index (χ2v) is 9.31. The highest BCUT2D eigenvalue weighted by molar-refractivity contribution is 7.15. The number of nitrogens with zero attached hydrogens (tertiary/aromatic N) is 3.